The van der Waals surface area contributed by atoms with Crippen molar-refractivity contribution in [2.45, 2.75) is 19.3 Å². The fraction of sp³-hybridized carbons (Fsp3) is 0.462. The lowest BCUT2D eigenvalue weighted by Crippen LogP contribution is -2.18. The van der Waals surface area contributed by atoms with E-state index < -0.39 is 0 Å². The molecule has 4 heteroatoms. The minimum Gasteiger partial charge on any atom is -0.494 e. The molecule has 0 aliphatic carbocycles. The van der Waals surface area contributed by atoms with Crippen LogP contribution >= 0.6 is 0 Å². The van der Waals surface area contributed by atoms with Gasteiger partial charge in [-0.3, -0.25) is 4.79 Å². The summed E-state index contributed by atoms with van der Waals surface area (Å²) in [5.74, 6) is 0.464. The van der Waals surface area contributed by atoms with Crippen molar-refractivity contribution in [3.63, 3.8) is 0 Å². The summed E-state index contributed by atoms with van der Waals surface area (Å²) in [4.78, 5) is 11.3. The molecule has 1 aromatic rings. The van der Waals surface area contributed by atoms with Crippen LogP contribution in [0.2, 0.25) is 0 Å². The van der Waals surface area contributed by atoms with Crippen molar-refractivity contribution >= 4 is 5.97 Å². The standard InChI is InChI=1S/C13H19NO3/c1-3-17-12-7-5-4-6-11(12)10(9-14)8-13(15)16-2/h4-7,10H,3,8-9,14H2,1-2H3. The Bertz CT molecular complexity index is 365. The van der Waals surface area contributed by atoms with Gasteiger partial charge in [0, 0.05) is 5.92 Å². The van der Waals surface area contributed by atoms with Crippen LogP contribution in [0.3, 0.4) is 0 Å². The molecule has 0 aliphatic heterocycles. The summed E-state index contributed by atoms with van der Waals surface area (Å²) in [5.41, 5.74) is 6.67. The average Bonchev–Trinajstić information content (AvgIpc) is 2.37. The second-order valence-corrected chi connectivity index (χ2v) is 3.68. The molecule has 17 heavy (non-hydrogen) atoms. The van der Waals surface area contributed by atoms with Gasteiger partial charge in [0.15, 0.2) is 0 Å². The van der Waals surface area contributed by atoms with Gasteiger partial charge in [-0.2, -0.15) is 0 Å². The molecule has 0 aliphatic rings. The number of ether oxygens (including phenoxy) is 2. The molecule has 0 amide bonds. The molecular weight excluding hydrogens is 218 g/mol. The van der Waals surface area contributed by atoms with E-state index in [0.717, 1.165) is 11.3 Å². The summed E-state index contributed by atoms with van der Waals surface area (Å²) in [6.45, 7) is 2.90. The van der Waals surface area contributed by atoms with Crippen LogP contribution in [0, 0.1) is 0 Å². The Labute approximate surface area is 102 Å². The van der Waals surface area contributed by atoms with Crippen LogP contribution in [0.4, 0.5) is 0 Å². The van der Waals surface area contributed by atoms with E-state index in [1.165, 1.54) is 7.11 Å². The van der Waals surface area contributed by atoms with Crippen LogP contribution in [0.25, 0.3) is 0 Å². The molecule has 0 bridgehead atoms. The Morgan fingerprint density at radius 3 is 2.71 bits per heavy atom. The average molecular weight is 237 g/mol. The van der Waals surface area contributed by atoms with Crippen molar-refractivity contribution < 1.29 is 14.3 Å². The maximum Gasteiger partial charge on any atom is 0.306 e. The highest BCUT2D eigenvalue weighted by Crippen LogP contribution is 2.28. The Kier molecular flexibility index (Phi) is 5.49. The first-order chi connectivity index (χ1) is 8.22. The monoisotopic (exact) mass is 237 g/mol. The molecule has 94 valence electrons. The third-order valence-corrected chi connectivity index (χ3v) is 2.58. The number of carbonyl (C=O) groups excluding carboxylic acids is 1. The van der Waals surface area contributed by atoms with E-state index >= 15 is 0 Å². The molecule has 1 unspecified atom stereocenters. The number of hydrogen-bond acceptors (Lipinski definition) is 4. The first kappa shape index (κ1) is 13.5. The largest absolute Gasteiger partial charge is 0.494 e. The van der Waals surface area contributed by atoms with Crippen molar-refractivity contribution in [1.29, 1.82) is 0 Å². The summed E-state index contributed by atoms with van der Waals surface area (Å²) >= 11 is 0. The number of nitrogens with two attached hydrogens (primary N) is 1. The highest BCUT2D eigenvalue weighted by molar-refractivity contribution is 5.70. The SMILES string of the molecule is CCOc1ccccc1C(CN)CC(=O)OC. The minimum atomic E-state index is -0.258. The Morgan fingerprint density at radius 1 is 1.41 bits per heavy atom. The van der Waals surface area contributed by atoms with Crippen molar-refractivity contribution in [2.24, 2.45) is 5.73 Å². The second-order valence-electron chi connectivity index (χ2n) is 3.68. The number of rotatable bonds is 6. The van der Waals surface area contributed by atoms with E-state index in [0.29, 0.717) is 13.2 Å². The molecule has 0 radical (unpaired) electrons. The van der Waals surface area contributed by atoms with E-state index in [2.05, 4.69) is 4.74 Å². The maximum atomic E-state index is 11.3. The van der Waals surface area contributed by atoms with E-state index in [1.807, 2.05) is 31.2 Å². The molecule has 0 spiro atoms. The molecule has 1 atom stereocenters. The number of para-hydroxylation sites is 1. The maximum absolute atomic E-state index is 11.3. The van der Waals surface area contributed by atoms with Gasteiger partial charge in [0.2, 0.25) is 0 Å². The molecule has 0 saturated carbocycles. The van der Waals surface area contributed by atoms with Crippen LogP contribution in [0.15, 0.2) is 24.3 Å². The lowest BCUT2D eigenvalue weighted by molar-refractivity contribution is -0.141. The van der Waals surface area contributed by atoms with Crippen LogP contribution < -0.4 is 10.5 Å². The van der Waals surface area contributed by atoms with E-state index in [1.54, 1.807) is 0 Å². The molecular formula is C13H19NO3. The summed E-state index contributed by atoms with van der Waals surface area (Å²) in [6, 6.07) is 7.64. The van der Waals surface area contributed by atoms with Gasteiger partial charge in [-0.15, -0.1) is 0 Å². The van der Waals surface area contributed by atoms with Gasteiger partial charge in [-0.05, 0) is 25.1 Å². The Balaban J connectivity index is 2.90. The number of benzene rings is 1. The molecule has 0 heterocycles. The van der Waals surface area contributed by atoms with Crippen LogP contribution in [-0.2, 0) is 9.53 Å². The zero-order valence-electron chi connectivity index (χ0n) is 10.3. The fourth-order valence-electron chi connectivity index (χ4n) is 1.71. The Hall–Kier alpha value is -1.55. The lowest BCUT2D eigenvalue weighted by Gasteiger charge is -2.17. The molecule has 0 saturated heterocycles. The van der Waals surface area contributed by atoms with Gasteiger partial charge in [-0.1, -0.05) is 18.2 Å². The second kappa shape index (κ2) is 6.91. The zero-order valence-corrected chi connectivity index (χ0v) is 10.3. The predicted molar refractivity (Wildman–Crippen MR) is 66.0 cm³/mol. The van der Waals surface area contributed by atoms with Crippen molar-refractivity contribution in [2.75, 3.05) is 20.3 Å². The van der Waals surface area contributed by atoms with Crippen molar-refractivity contribution in [3.8, 4) is 5.75 Å². The van der Waals surface area contributed by atoms with E-state index in [4.69, 9.17) is 10.5 Å². The molecule has 1 rings (SSSR count). The number of methoxy groups -OCH3 is 1. The van der Waals surface area contributed by atoms with E-state index in [-0.39, 0.29) is 18.3 Å². The lowest BCUT2D eigenvalue weighted by atomic mass is 9.95. The third kappa shape index (κ3) is 3.75. The fourth-order valence-corrected chi connectivity index (χ4v) is 1.71. The zero-order chi connectivity index (χ0) is 12.7. The van der Waals surface area contributed by atoms with Crippen LogP contribution in [0.1, 0.15) is 24.8 Å². The van der Waals surface area contributed by atoms with Gasteiger partial charge >= 0.3 is 5.97 Å². The summed E-state index contributed by atoms with van der Waals surface area (Å²) in [5, 5.41) is 0. The van der Waals surface area contributed by atoms with Gasteiger partial charge in [0.05, 0.1) is 20.1 Å². The first-order valence-electron chi connectivity index (χ1n) is 5.71. The highest BCUT2D eigenvalue weighted by atomic mass is 16.5. The number of hydrogen-bond donors (Lipinski definition) is 1. The predicted octanol–water partition coefficient (Wildman–Crippen LogP) is 1.69. The molecule has 4 nitrogen and oxygen atoms in total. The topological polar surface area (TPSA) is 61.5 Å². The van der Waals surface area contributed by atoms with Gasteiger partial charge in [-0.25, -0.2) is 0 Å². The summed E-state index contributed by atoms with van der Waals surface area (Å²) < 4.78 is 10.2. The normalized spacial score (nSPS) is 11.9. The molecule has 1 aromatic carbocycles. The number of esters is 1. The summed E-state index contributed by atoms with van der Waals surface area (Å²) in [6.07, 6.45) is 0.275. The van der Waals surface area contributed by atoms with Crippen molar-refractivity contribution in [3.05, 3.63) is 29.8 Å². The quantitative estimate of drug-likeness (QED) is 0.765. The van der Waals surface area contributed by atoms with Crippen LogP contribution in [0.5, 0.6) is 5.75 Å². The molecule has 0 aromatic heterocycles. The number of carbonyl (C=O) groups is 1. The van der Waals surface area contributed by atoms with Gasteiger partial charge < -0.3 is 15.2 Å². The van der Waals surface area contributed by atoms with Crippen LogP contribution in [-0.4, -0.2) is 26.2 Å². The smallest absolute Gasteiger partial charge is 0.306 e. The van der Waals surface area contributed by atoms with E-state index in [9.17, 15) is 4.79 Å². The highest BCUT2D eigenvalue weighted by Gasteiger charge is 2.18. The Morgan fingerprint density at radius 2 is 2.12 bits per heavy atom. The first-order valence-corrected chi connectivity index (χ1v) is 5.71. The van der Waals surface area contributed by atoms with Gasteiger partial charge in [0.25, 0.3) is 0 Å². The minimum absolute atomic E-state index is 0.0646. The molecule has 0 fully saturated rings. The van der Waals surface area contributed by atoms with Crippen molar-refractivity contribution in [1.82, 2.24) is 0 Å². The van der Waals surface area contributed by atoms with Gasteiger partial charge in [0.1, 0.15) is 5.75 Å². The third-order valence-electron chi connectivity index (χ3n) is 2.58. The molecule has 2 N–H and O–H groups in total. The summed E-state index contributed by atoms with van der Waals surface area (Å²) in [7, 11) is 1.38.